The molecule has 1 aliphatic rings. The van der Waals surface area contributed by atoms with Gasteiger partial charge in [-0.25, -0.2) is 0 Å². The maximum Gasteiger partial charge on any atom is 0.254 e. The first-order valence-electron chi connectivity index (χ1n) is 9.69. The molecule has 1 heterocycles. The number of anilines is 1. The quantitative estimate of drug-likeness (QED) is 0.634. The number of carbonyl (C=O) groups excluding carboxylic acids is 1. The number of pyridine rings is 1. The standard InChI is InChI=1S/C24H25N3O/c1-26(2)23-8-4-6-20(16-23)19-5-3-7-21(15-19)24(28)27(22-9-10-22)17-18-11-13-25-14-12-18/h3-8,11-16,22H,9-10,17H2,1-2H3. The van der Waals surface area contributed by atoms with Gasteiger partial charge in [-0.15, -0.1) is 0 Å². The molecule has 1 amide bonds. The Labute approximate surface area is 166 Å². The van der Waals surface area contributed by atoms with E-state index in [1.165, 1.54) is 0 Å². The number of amides is 1. The maximum absolute atomic E-state index is 13.3. The minimum absolute atomic E-state index is 0.102. The first kappa shape index (κ1) is 18.2. The molecule has 4 nitrogen and oxygen atoms in total. The van der Waals surface area contributed by atoms with E-state index in [-0.39, 0.29) is 5.91 Å². The van der Waals surface area contributed by atoms with E-state index in [9.17, 15) is 4.79 Å². The van der Waals surface area contributed by atoms with Crippen molar-refractivity contribution in [2.45, 2.75) is 25.4 Å². The number of aromatic nitrogens is 1. The Bertz CT molecular complexity index is 964. The largest absolute Gasteiger partial charge is 0.378 e. The summed E-state index contributed by atoms with van der Waals surface area (Å²) in [7, 11) is 4.07. The molecule has 0 atom stereocenters. The Kier molecular flexibility index (Phi) is 5.11. The van der Waals surface area contributed by atoms with Crippen molar-refractivity contribution in [3.05, 3.63) is 84.2 Å². The first-order valence-corrected chi connectivity index (χ1v) is 9.69. The second-order valence-corrected chi connectivity index (χ2v) is 7.55. The van der Waals surface area contributed by atoms with Gasteiger partial charge >= 0.3 is 0 Å². The number of rotatable bonds is 6. The highest BCUT2D eigenvalue weighted by atomic mass is 16.2. The van der Waals surface area contributed by atoms with Gasteiger partial charge in [0.25, 0.3) is 5.91 Å². The van der Waals surface area contributed by atoms with Crippen LogP contribution in [0.15, 0.2) is 73.1 Å². The zero-order valence-electron chi connectivity index (χ0n) is 16.4. The van der Waals surface area contributed by atoms with Gasteiger partial charge in [-0.1, -0.05) is 24.3 Å². The average Bonchev–Trinajstić information content (AvgIpc) is 3.58. The zero-order valence-corrected chi connectivity index (χ0v) is 16.4. The molecule has 1 aliphatic carbocycles. The summed E-state index contributed by atoms with van der Waals surface area (Å²) in [5, 5.41) is 0. The number of carbonyl (C=O) groups is 1. The van der Waals surface area contributed by atoms with Crippen molar-refractivity contribution in [3.8, 4) is 11.1 Å². The summed E-state index contributed by atoms with van der Waals surface area (Å²) in [4.78, 5) is 21.5. The van der Waals surface area contributed by atoms with E-state index in [2.05, 4.69) is 40.2 Å². The third-order valence-corrected chi connectivity index (χ3v) is 5.16. The molecule has 4 heteroatoms. The van der Waals surface area contributed by atoms with Crippen LogP contribution in [-0.2, 0) is 6.54 Å². The summed E-state index contributed by atoms with van der Waals surface area (Å²) in [6.07, 6.45) is 5.73. The lowest BCUT2D eigenvalue weighted by molar-refractivity contribution is 0.0730. The van der Waals surface area contributed by atoms with Crippen molar-refractivity contribution < 1.29 is 4.79 Å². The topological polar surface area (TPSA) is 36.4 Å². The molecule has 0 bridgehead atoms. The van der Waals surface area contributed by atoms with Crippen LogP contribution in [0.3, 0.4) is 0 Å². The van der Waals surface area contributed by atoms with Crippen LogP contribution in [-0.4, -0.2) is 35.9 Å². The third-order valence-electron chi connectivity index (χ3n) is 5.16. The molecule has 1 fully saturated rings. The van der Waals surface area contributed by atoms with Gasteiger partial charge in [0.1, 0.15) is 0 Å². The molecule has 1 saturated carbocycles. The molecule has 2 aromatic carbocycles. The van der Waals surface area contributed by atoms with Crippen LogP contribution < -0.4 is 4.90 Å². The monoisotopic (exact) mass is 371 g/mol. The minimum Gasteiger partial charge on any atom is -0.378 e. The van der Waals surface area contributed by atoms with E-state index in [1.807, 2.05) is 49.3 Å². The van der Waals surface area contributed by atoms with Gasteiger partial charge < -0.3 is 9.80 Å². The van der Waals surface area contributed by atoms with E-state index in [1.54, 1.807) is 12.4 Å². The molecule has 28 heavy (non-hydrogen) atoms. The second kappa shape index (κ2) is 7.85. The number of nitrogens with zero attached hydrogens (tertiary/aromatic N) is 3. The summed E-state index contributed by atoms with van der Waals surface area (Å²) >= 11 is 0. The predicted octanol–water partition coefficient (Wildman–Crippen LogP) is 4.62. The first-order chi connectivity index (χ1) is 13.6. The van der Waals surface area contributed by atoms with Crippen LogP contribution in [0.1, 0.15) is 28.8 Å². The summed E-state index contributed by atoms with van der Waals surface area (Å²) in [5.41, 5.74) is 5.19. The van der Waals surface area contributed by atoms with Crippen molar-refractivity contribution in [3.63, 3.8) is 0 Å². The molecule has 4 rings (SSSR count). The summed E-state index contributed by atoms with van der Waals surface area (Å²) in [6.45, 7) is 0.631. The minimum atomic E-state index is 0.102. The van der Waals surface area contributed by atoms with Gasteiger partial charge in [-0.2, -0.15) is 0 Å². The van der Waals surface area contributed by atoms with Gasteiger partial charge in [-0.05, 0) is 65.9 Å². The smallest absolute Gasteiger partial charge is 0.254 e. The molecule has 0 saturated heterocycles. The van der Waals surface area contributed by atoms with Crippen LogP contribution in [0.4, 0.5) is 5.69 Å². The predicted molar refractivity (Wildman–Crippen MR) is 113 cm³/mol. The SMILES string of the molecule is CN(C)c1cccc(-c2cccc(C(=O)N(Cc3ccncc3)C3CC3)c2)c1. The molecule has 0 N–H and O–H groups in total. The van der Waals surface area contributed by atoms with E-state index in [4.69, 9.17) is 0 Å². The van der Waals surface area contributed by atoms with Crippen molar-refractivity contribution in [1.82, 2.24) is 9.88 Å². The fourth-order valence-electron chi connectivity index (χ4n) is 3.40. The lowest BCUT2D eigenvalue weighted by Gasteiger charge is -2.23. The highest BCUT2D eigenvalue weighted by Gasteiger charge is 2.33. The van der Waals surface area contributed by atoms with Crippen molar-refractivity contribution in [1.29, 1.82) is 0 Å². The van der Waals surface area contributed by atoms with Crippen molar-refractivity contribution in [2.75, 3.05) is 19.0 Å². The fraction of sp³-hybridized carbons (Fsp3) is 0.250. The molecule has 1 aromatic heterocycles. The van der Waals surface area contributed by atoms with Crippen LogP contribution >= 0.6 is 0 Å². The van der Waals surface area contributed by atoms with Crippen LogP contribution in [0.25, 0.3) is 11.1 Å². The van der Waals surface area contributed by atoms with E-state index < -0.39 is 0 Å². The molecule has 0 aliphatic heterocycles. The summed E-state index contributed by atoms with van der Waals surface area (Å²) < 4.78 is 0. The maximum atomic E-state index is 13.3. The molecule has 0 unspecified atom stereocenters. The highest BCUT2D eigenvalue weighted by Crippen LogP contribution is 2.31. The Morgan fingerprint density at radius 3 is 2.32 bits per heavy atom. The lowest BCUT2D eigenvalue weighted by Crippen LogP contribution is -2.32. The third kappa shape index (κ3) is 4.06. The normalized spacial score (nSPS) is 13.2. The second-order valence-electron chi connectivity index (χ2n) is 7.55. The molecule has 3 aromatic rings. The molecule has 0 spiro atoms. The zero-order chi connectivity index (χ0) is 19.5. The van der Waals surface area contributed by atoms with Crippen LogP contribution in [0.5, 0.6) is 0 Å². The lowest BCUT2D eigenvalue weighted by atomic mass is 10.0. The number of benzene rings is 2. The molecular formula is C24H25N3O. The van der Waals surface area contributed by atoms with Gasteiger partial charge in [0.15, 0.2) is 0 Å². The highest BCUT2D eigenvalue weighted by molar-refractivity contribution is 5.96. The Morgan fingerprint density at radius 2 is 1.64 bits per heavy atom. The van der Waals surface area contributed by atoms with Crippen molar-refractivity contribution >= 4 is 11.6 Å². The Balaban J connectivity index is 1.61. The van der Waals surface area contributed by atoms with Crippen LogP contribution in [0, 0.1) is 0 Å². The fourth-order valence-corrected chi connectivity index (χ4v) is 3.40. The average molecular weight is 371 g/mol. The van der Waals surface area contributed by atoms with E-state index in [0.29, 0.717) is 12.6 Å². The molecule has 0 radical (unpaired) electrons. The number of hydrogen-bond acceptors (Lipinski definition) is 3. The molecular weight excluding hydrogens is 346 g/mol. The van der Waals surface area contributed by atoms with E-state index in [0.717, 1.165) is 40.8 Å². The Hall–Kier alpha value is -3.14. The Morgan fingerprint density at radius 1 is 0.964 bits per heavy atom. The van der Waals surface area contributed by atoms with Crippen LogP contribution in [0.2, 0.25) is 0 Å². The molecule has 142 valence electrons. The summed E-state index contributed by atoms with van der Waals surface area (Å²) in [5.74, 6) is 0.102. The van der Waals surface area contributed by atoms with Gasteiger partial charge in [0, 0.05) is 50.3 Å². The van der Waals surface area contributed by atoms with Gasteiger partial charge in [0.2, 0.25) is 0 Å². The summed E-state index contributed by atoms with van der Waals surface area (Å²) in [6, 6.07) is 20.7. The van der Waals surface area contributed by atoms with E-state index >= 15 is 0 Å². The van der Waals surface area contributed by atoms with Gasteiger partial charge in [-0.3, -0.25) is 9.78 Å². The number of hydrogen-bond donors (Lipinski definition) is 0. The van der Waals surface area contributed by atoms with Crippen molar-refractivity contribution in [2.24, 2.45) is 0 Å². The van der Waals surface area contributed by atoms with Gasteiger partial charge in [0.05, 0.1) is 0 Å².